The minimum atomic E-state index is -0.136. The molecule has 3 rings (SSSR count). The Morgan fingerprint density at radius 3 is 2.58 bits per heavy atom. The molecule has 5 heteroatoms. The summed E-state index contributed by atoms with van der Waals surface area (Å²) in [7, 11) is 0. The van der Waals surface area contributed by atoms with Crippen LogP contribution in [-0.4, -0.2) is 10.9 Å². The molecule has 0 fully saturated rings. The lowest BCUT2D eigenvalue weighted by atomic mass is 10.0. The van der Waals surface area contributed by atoms with Crippen molar-refractivity contribution in [3.8, 4) is 0 Å². The molecule has 24 heavy (non-hydrogen) atoms. The van der Waals surface area contributed by atoms with E-state index in [1.54, 1.807) is 18.3 Å². The first-order chi connectivity index (χ1) is 11.6. The lowest BCUT2D eigenvalue weighted by molar-refractivity contribution is 0.103. The van der Waals surface area contributed by atoms with Gasteiger partial charge in [0, 0.05) is 5.69 Å². The molecule has 0 saturated heterocycles. The van der Waals surface area contributed by atoms with E-state index in [-0.39, 0.29) is 5.91 Å². The average molecular weight is 337 g/mol. The zero-order valence-corrected chi connectivity index (χ0v) is 14.4. The molecule has 0 aliphatic heterocycles. The van der Waals surface area contributed by atoms with E-state index < -0.39 is 0 Å². The molecule has 0 aliphatic rings. The number of hydrogen-bond acceptors (Lipinski definition) is 4. The number of carbonyl (C=O) groups is 1. The molecule has 122 valence electrons. The molecule has 1 aromatic carbocycles. The van der Waals surface area contributed by atoms with Crippen molar-refractivity contribution in [1.29, 1.82) is 0 Å². The van der Waals surface area contributed by atoms with E-state index in [0.29, 0.717) is 16.6 Å². The van der Waals surface area contributed by atoms with E-state index in [1.165, 1.54) is 16.9 Å². The summed E-state index contributed by atoms with van der Waals surface area (Å²) in [5, 5.41) is 8.06. The maximum absolute atomic E-state index is 12.0. The SMILES string of the molecule is CC(C)c1ccccc1Nc1ccc(NC(=O)c2cccs2)nc1. The smallest absolute Gasteiger partial charge is 0.266 e. The van der Waals surface area contributed by atoms with E-state index in [0.717, 1.165) is 11.4 Å². The number of benzene rings is 1. The van der Waals surface area contributed by atoms with Crippen molar-refractivity contribution in [3.63, 3.8) is 0 Å². The number of para-hydroxylation sites is 1. The molecule has 2 heterocycles. The number of pyridine rings is 1. The van der Waals surface area contributed by atoms with Crippen molar-refractivity contribution >= 4 is 34.4 Å². The highest BCUT2D eigenvalue weighted by molar-refractivity contribution is 7.12. The fourth-order valence-corrected chi connectivity index (χ4v) is 3.02. The predicted molar refractivity (Wildman–Crippen MR) is 100 cm³/mol. The highest BCUT2D eigenvalue weighted by Gasteiger charge is 2.08. The summed E-state index contributed by atoms with van der Waals surface area (Å²) in [4.78, 5) is 17.0. The second kappa shape index (κ2) is 7.27. The number of carbonyl (C=O) groups excluding carboxylic acids is 1. The number of amides is 1. The van der Waals surface area contributed by atoms with E-state index in [9.17, 15) is 4.79 Å². The first-order valence-corrected chi connectivity index (χ1v) is 8.68. The van der Waals surface area contributed by atoms with Gasteiger partial charge in [0.15, 0.2) is 0 Å². The number of hydrogen-bond donors (Lipinski definition) is 2. The van der Waals surface area contributed by atoms with Gasteiger partial charge in [0.05, 0.1) is 16.8 Å². The standard InChI is InChI=1S/C19H19N3OS/c1-13(2)15-6-3-4-7-16(15)21-14-9-10-18(20-12-14)22-19(23)17-8-5-11-24-17/h3-13,21H,1-2H3,(H,20,22,23). The largest absolute Gasteiger partial charge is 0.354 e. The predicted octanol–water partition coefficient (Wildman–Crippen LogP) is 5.26. The Kier molecular flexibility index (Phi) is 4.91. The minimum absolute atomic E-state index is 0.136. The molecule has 2 N–H and O–H groups in total. The summed E-state index contributed by atoms with van der Waals surface area (Å²) in [6, 6.07) is 15.6. The molecule has 2 aromatic heterocycles. The molecule has 0 saturated carbocycles. The number of anilines is 3. The monoisotopic (exact) mass is 337 g/mol. The van der Waals surface area contributed by atoms with Crippen LogP contribution in [0.5, 0.6) is 0 Å². The summed E-state index contributed by atoms with van der Waals surface area (Å²) in [6.45, 7) is 4.34. The van der Waals surface area contributed by atoms with Gasteiger partial charge < -0.3 is 10.6 Å². The molecule has 0 aliphatic carbocycles. The van der Waals surface area contributed by atoms with Crippen molar-refractivity contribution in [1.82, 2.24) is 4.98 Å². The molecule has 0 spiro atoms. The Hall–Kier alpha value is -2.66. The zero-order chi connectivity index (χ0) is 16.9. The van der Waals surface area contributed by atoms with Crippen LogP contribution in [0.3, 0.4) is 0 Å². The highest BCUT2D eigenvalue weighted by Crippen LogP contribution is 2.26. The quantitative estimate of drug-likeness (QED) is 0.667. The summed E-state index contributed by atoms with van der Waals surface area (Å²) in [5.74, 6) is 0.838. The van der Waals surface area contributed by atoms with Gasteiger partial charge in [-0.05, 0) is 41.1 Å². The van der Waals surface area contributed by atoms with Gasteiger partial charge in [-0.2, -0.15) is 0 Å². The number of nitrogens with one attached hydrogen (secondary N) is 2. The first-order valence-electron chi connectivity index (χ1n) is 7.80. The van der Waals surface area contributed by atoms with Crippen LogP contribution in [0.25, 0.3) is 0 Å². The average Bonchev–Trinajstić information content (AvgIpc) is 3.11. The maximum Gasteiger partial charge on any atom is 0.266 e. The van der Waals surface area contributed by atoms with Crippen molar-refractivity contribution in [2.75, 3.05) is 10.6 Å². The summed E-state index contributed by atoms with van der Waals surface area (Å²) in [6.07, 6.45) is 1.72. The third-order valence-electron chi connectivity index (χ3n) is 3.61. The summed E-state index contributed by atoms with van der Waals surface area (Å²) < 4.78 is 0. The van der Waals surface area contributed by atoms with Crippen LogP contribution in [0.2, 0.25) is 0 Å². The van der Waals surface area contributed by atoms with Gasteiger partial charge in [0.2, 0.25) is 0 Å². The topological polar surface area (TPSA) is 54.0 Å². The highest BCUT2D eigenvalue weighted by atomic mass is 32.1. The van der Waals surface area contributed by atoms with Crippen molar-refractivity contribution in [3.05, 3.63) is 70.5 Å². The number of rotatable bonds is 5. The fraction of sp³-hybridized carbons (Fsp3) is 0.158. The Bertz CT molecular complexity index is 811. The minimum Gasteiger partial charge on any atom is -0.354 e. The molecule has 4 nitrogen and oxygen atoms in total. The second-order valence-electron chi connectivity index (χ2n) is 5.73. The lowest BCUT2D eigenvalue weighted by Gasteiger charge is -2.14. The lowest BCUT2D eigenvalue weighted by Crippen LogP contribution is -2.11. The van der Waals surface area contributed by atoms with E-state index in [1.807, 2.05) is 29.6 Å². The molecule has 0 unspecified atom stereocenters. The molecular weight excluding hydrogens is 318 g/mol. The van der Waals surface area contributed by atoms with Gasteiger partial charge in [-0.25, -0.2) is 4.98 Å². The van der Waals surface area contributed by atoms with Crippen LogP contribution in [0.4, 0.5) is 17.2 Å². The fourth-order valence-electron chi connectivity index (χ4n) is 2.40. The van der Waals surface area contributed by atoms with Crippen molar-refractivity contribution in [2.45, 2.75) is 19.8 Å². The molecule has 0 bridgehead atoms. The Morgan fingerprint density at radius 1 is 1.08 bits per heavy atom. The van der Waals surface area contributed by atoms with Gasteiger partial charge in [-0.15, -0.1) is 11.3 Å². The van der Waals surface area contributed by atoms with Gasteiger partial charge >= 0.3 is 0 Å². The van der Waals surface area contributed by atoms with E-state index in [2.05, 4.69) is 41.6 Å². The molecular formula is C19H19N3OS. The molecule has 0 atom stereocenters. The Balaban J connectivity index is 1.70. The number of thiophene rings is 1. The third kappa shape index (κ3) is 3.81. The maximum atomic E-state index is 12.0. The van der Waals surface area contributed by atoms with E-state index in [4.69, 9.17) is 0 Å². The number of aromatic nitrogens is 1. The Labute approximate surface area is 145 Å². The summed E-state index contributed by atoms with van der Waals surface area (Å²) in [5.41, 5.74) is 3.22. The first kappa shape index (κ1) is 16.2. The van der Waals surface area contributed by atoms with Crippen LogP contribution in [-0.2, 0) is 0 Å². The van der Waals surface area contributed by atoms with Crippen LogP contribution in [0.15, 0.2) is 60.1 Å². The number of nitrogens with zero attached hydrogens (tertiary/aromatic N) is 1. The Morgan fingerprint density at radius 2 is 1.92 bits per heavy atom. The van der Waals surface area contributed by atoms with Crippen LogP contribution in [0, 0.1) is 0 Å². The molecule has 3 aromatic rings. The zero-order valence-electron chi connectivity index (χ0n) is 13.6. The van der Waals surface area contributed by atoms with Crippen molar-refractivity contribution < 1.29 is 4.79 Å². The van der Waals surface area contributed by atoms with Crippen LogP contribution < -0.4 is 10.6 Å². The van der Waals surface area contributed by atoms with Crippen LogP contribution in [0.1, 0.15) is 35.0 Å². The van der Waals surface area contributed by atoms with Gasteiger partial charge in [-0.1, -0.05) is 38.1 Å². The van der Waals surface area contributed by atoms with Crippen molar-refractivity contribution in [2.24, 2.45) is 0 Å². The van der Waals surface area contributed by atoms with Gasteiger partial charge in [0.1, 0.15) is 5.82 Å². The van der Waals surface area contributed by atoms with Crippen LogP contribution >= 0.6 is 11.3 Å². The summed E-state index contributed by atoms with van der Waals surface area (Å²) >= 11 is 1.41. The molecule has 1 amide bonds. The normalized spacial score (nSPS) is 10.6. The van der Waals surface area contributed by atoms with E-state index >= 15 is 0 Å². The second-order valence-corrected chi connectivity index (χ2v) is 6.68. The van der Waals surface area contributed by atoms with Gasteiger partial charge in [0.25, 0.3) is 5.91 Å². The third-order valence-corrected chi connectivity index (χ3v) is 4.48. The van der Waals surface area contributed by atoms with Gasteiger partial charge in [-0.3, -0.25) is 4.79 Å². The molecule has 0 radical (unpaired) electrons.